The van der Waals surface area contributed by atoms with Crippen LogP contribution in [-0.4, -0.2) is 31.6 Å². The second kappa shape index (κ2) is 4.63. The molecule has 0 amide bonds. The average molecular weight is 220 g/mol. The highest BCUT2D eigenvalue weighted by Gasteiger charge is 2.27. The van der Waals surface area contributed by atoms with Crippen LogP contribution >= 0.6 is 0 Å². The summed E-state index contributed by atoms with van der Waals surface area (Å²) < 4.78 is 5.85. The highest BCUT2D eigenvalue weighted by Crippen LogP contribution is 2.18. The molecule has 2 rings (SSSR count). The second-order valence-corrected chi connectivity index (χ2v) is 4.13. The number of hydrogen-bond acceptors (Lipinski definition) is 4. The first-order valence-electron chi connectivity index (χ1n) is 5.42. The lowest BCUT2D eigenvalue weighted by Gasteiger charge is -2.35. The molecule has 0 spiro atoms. The van der Waals surface area contributed by atoms with Gasteiger partial charge in [0.05, 0.1) is 0 Å². The Labute approximate surface area is 95.0 Å². The Morgan fingerprint density at radius 1 is 1.44 bits per heavy atom. The minimum absolute atomic E-state index is 0.403. The molecule has 1 aliphatic rings. The highest BCUT2D eigenvalue weighted by atomic mass is 16.5. The molecule has 4 heteroatoms. The van der Waals surface area contributed by atoms with Gasteiger partial charge in [0.1, 0.15) is 12.0 Å². The van der Waals surface area contributed by atoms with E-state index in [9.17, 15) is 4.79 Å². The van der Waals surface area contributed by atoms with Crippen molar-refractivity contribution in [3.63, 3.8) is 0 Å². The van der Waals surface area contributed by atoms with E-state index in [1.54, 1.807) is 12.1 Å². The summed E-state index contributed by atoms with van der Waals surface area (Å²) in [5.41, 5.74) is 0.226. The SMILES string of the molecule is C[C@@]1(Oc2cccc(C=O)c2)CNCCN1. The van der Waals surface area contributed by atoms with E-state index in [1.165, 1.54) is 0 Å². The van der Waals surface area contributed by atoms with Crippen molar-refractivity contribution in [3.8, 4) is 5.75 Å². The molecule has 0 bridgehead atoms. The van der Waals surface area contributed by atoms with Crippen molar-refractivity contribution in [1.29, 1.82) is 0 Å². The predicted octanol–water partition coefficient (Wildman–Crippen LogP) is 0.787. The summed E-state index contributed by atoms with van der Waals surface area (Å²) in [5, 5.41) is 6.58. The first-order chi connectivity index (χ1) is 7.72. The summed E-state index contributed by atoms with van der Waals surface area (Å²) in [4.78, 5) is 10.6. The number of piperazine rings is 1. The molecule has 1 saturated heterocycles. The molecule has 0 radical (unpaired) electrons. The van der Waals surface area contributed by atoms with Gasteiger partial charge >= 0.3 is 0 Å². The Kier molecular flexibility index (Phi) is 3.22. The number of hydrogen-bond donors (Lipinski definition) is 2. The molecule has 0 aromatic heterocycles. The summed E-state index contributed by atoms with van der Waals surface area (Å²) in [7, 11) is 0. The molecule has 0 saturated carbocycles. The van der Waals surface area contributed by atoms with Crippen LogP contribution in [0.3, 0.4) is 0 Å². The van der Waals surface area contributed by atoms with E-state index in [0.29, 0.717) is 11.3 Å². The summed E-state index contributed by atoms with van der Waals surface area (Å²) in [6.07, 6.45) is 0.821. The van der Waals surface area contributed by atoms with Gasteiger partial charge in [-0.3, -0.25) is 10.1 Å². The van der Waals surface area contributed by atoms with Crippen LogP contribution in [0, 0.1) is 0 Å². The molecule has 1 aliphatic heterocycles. The number of carbonyl (C=O) groups is 1. The first kappa shape index (κ1) is 11.1. The van der Waals surface area contributed by atoms with Crippen LogP contribution in [0.5, 0.6) is 5.75 Å². The van der Waals surface area contributed by atoms with Crippen molar-refractivity contribution in [2.45, 2.75) is 12.6 Å². The van der Waals surface area contributed by atoms with Gasteiger partial charge in [-0.2, -0.15) is 0 Å². The Morgan fingerprint density at radius 3 is 3.00 bits per heavy atom. The third-order valence-electron chi connectivity index (χ3n) is 2.60. The van der Waals surface area contributed by atoms with Crippen molar-refractivity contribution >= 4 is 6.29 Å². The molecule has 16 heavy (non-hydrogen) atoms. The maximum Gasteiger partial charge on any atom is 0.170 e. The van der Waals surface area contributed by atoms with Crippen molar-refractivity contribution in [1.82, 2.24) is 10.6 Å². The van der Waals surface area contributed by atoms with Gasteiger partial charge in [0, 0.05) is 25.2 Å². The molecule has 1 fully saturated rings. The maximum absolute atomic E-state index is 10.6. The van der Waals surface area contributed by atoms with Gasteiger partial charge in [-0.25, -0.2) is 0 Å². The minimum Gasteiger partial charge on any atom is -0.472 e. The van der Waals surface area contributed by atoms with E-state index in [-0.39, 0.29) is 0 Å². The van der Waals surface area contributed by atoms with Gasteiger partial charge in [-0.05, 0) is 19.1 Å². The lowest BCUT2D eigenvalue weighted by atomic mass is 10.2. The number of nitrogens with one attached hydrogen (secondary N) is 2. The predicted molar refractivity (Wildman–Crippen MR) is 61.7 cm³/mol. The van der Waals surface area contributed by atoms with E-state index < -0.39 is 5.72 Å². The zero-order valence-corrected chi connectivity index (χ0v) is 9.32. The molecular weight excluding hydrogens is 204 g/mol. The Balaban J connectivity index is 2.09. The summed E-state index contributed by atoms with van der Waals surface area (Å²) in [6, 6.07) is 7.18. The van der Waals surface area contributed by atoms with Crippen molar-refractivity contribution in [3.05, 3.63) is 29.8 Å². The molecule has 0 aliphatic carbocycles. The van der Waals surface area contributed by atoms with Crippen LogP contribution < -0.4 is 15.4 Å². The molecule has 1 aromatic carbocycles. The molecule has 2 N–H and O–H groups in total. The van der Waals surface area contributed by atoms with Gasteiger partial charge in [0.25, 0.3) is 0 Å². The highest BCUT2D eigenvalue weighted by molar-refractivity contribution is 5.75. The third kappa shape index (κ3) is 2.59. The normalized spacial score (nSPS) is 25.1. The maximum atomic E-state index is 10.6. The van der Waals surface area contributed by atoms with Crippen LogP contribution in [0.1, 0.15) is 17.3 Å². The Hall–Kier alpha value is -1.39. The van der Waals surface area contributed by atoms with Gasteiger partial charge in [-0.15, -0.1) is 0 Å². The molecule has 1 atom stereocenters. The zero-order chi connectivity index (χ0) is 11.4. The Bertz CT molecular complexity index is 373. The molecule has 4 nitrogen and oxygen atoms in total. The third-order valence-corrected chi connectivity index (χ3v) is 2.60. The summed E-state index contributed by atoms with van der Waals surface area (Å²) in [6.45, 7) is 4.57. The fraction of sp³-hybridized carbons (Fsp3) is 0.417. The monoisotopic (exact) mass is 220 g/mol. The number of benzene rings is 1. The van der Waals surface area contributed by atoms with Gasteiger partial charge in [-0.1, -0.05) is 12.1 Å². The zero-order valence-electron chi connectivity index (χ0n) is 9.32. The minimum atomic E-state index is -0.403. The fourth-order valence-corrected chi connectivity index (χ4v) is 1.79. The van der Waals surface area contributed by atoms with Crippen molar-refractivity contribution in [2.24, 2.45) is 0 Å². The van der Waals surface area contributed by atoms with Crippen LogP contribution in [0.4, 0.5) is 0 Å². The van der Waals surface area contributed by atoms with E-state index in [2.05, 4.69) is 10.6 Å². The van der Waals surface area contributed by atoms with Crippen LogP contribution in [0.15, 0.2) is 24.3 Å². The fourth-order valence-electron chi connectivity index (χ4n) is 1.79. The number of aldehydes is 1. The Morgan fingerprint density at radius 2 is 2.31 bits per heavy atom. The molecular formula is C12H16N2O2. The van der Waals surface area contributed by atoms with Crippen LogP contribution in [0.25, 0.3) is 0 Å². The largest absolute Gasteiger partial charge is 0.472 e. The van der Waals surface area contributed by atoms with Gasteiger partial charge in [0.2, 0.25) is 0 Å². The van der Waals surface area contributed by atoms with Crippen molar-refractivity contribution in [2.75, 3.05) is 19.6 Å². The number of ether oxygens (including phenoxy) is 1. The molecule has 86 valence electrons. The van der Waals surface area contributed by atoms with E-state index in [0.717, 1.165) is 25.9 Å². The molecule has 1 heterocycles. The average Bonchev–Trinajstić information content (AvgIpc) is 2.29. The summed E-state index contributed by atoms with van der Waals surface area (Å²) >= 11 is 0. The van der Waals surface area contributed by atoms with Gasteiger partial charge in [0.15, 0.2) is 5.72 Å². The smallest absolute Gasteiger partial charge is 0.170 e. The lowest BCUT2D eigenvalue weighted by Crippen LogP contribution is -2.60. The first-order valence-corrected chi connectivity index (χ1v) is 5.42. The van der Waals surface area contributed by atoms with Crippen LogP contribution in [0.2, 0.25) is 0 Å². The lowest BCUT2D eigenvalue weighted by molar-refractivity contribution is 0.0380. The summed E-state index contributed by atoms with van der Waals surface area (Å²) in [5.74, 6) is 0.711. The van der Waals surface area contributed by atoms with Crippen molar-refractivity contribution < 1.29 is 9.53 Å². The van der Waals surface area contributed by atoms with E-state index in [1.807, 2.05) is 19.1 Å². The molecule has 0 unspecified atom stereocenters. The molecule has 1 aromatic rings. The van der Waals surface area contributed by atoms with Gasteiger partial charge < -0.3 is 10.1 Å². The standard InChI is InChI=1S/C12H16N2O2/c1-12(9-13-5-6-14-12)16-11-4-2-3-10(7-11)8-15/h2-4,7-8,13-14H,5-6,9H2,1H3/t12-/m1/s1. The topological polar surface area (TPSA) is 50.4 Å². The van der Waals surface area contributed by atoms with Crippen LogP contribution in [-0.2, 0) is 0 Å². The number of carbonyl (C=O) groups excluding carboxylic acids is 1. The number of rotatable bonds is 3. The van der Waals surface area contributed by atoms with E-state index >= 15 is 0 Å². The quantitative estimate of drug-likeness (QED) is 0.739. The van der Waals surface area contributed by atoms with E-state index in [4.69, 9.17) is 4.74 Å². The second-order valence-electron chi connectivity index (χ2n) is 4.13.